The van der Waals surface area contributed by atoms with E-state index in [0.29, 0.717) is 5.56 Å². The minimum Gasteiger partial charge on any atom is -0.255 e. The lowest BCUT2D eigenvalue weighted by Crippen LogP contribution is -2.26. The largest absolute Gasteiger partial charge is 0.523 e. The molecule has 0 spiro atoms. The fourth-order valence-electron chi connectivity index (χ4n) is 1.32. The average Bonchev–Trinajstić information content (AvgIpc) is 2.27. The van der Waals surface area contributed by atoms with Crippen LogP contribution in [-0.2, 0) is 20.7 Å². The molecule has 0 aliphatic rings. The zero-order valence-corrected chi connectivity index (χ0v) is 10.7. The first-order chi connectivity index (χ1) is 8.17. The summed E-state index contributed by atoms with van der Waals surface area (Å²) in [5, 5.41) is 0. The molecule has 1 aromatic rings. The Morgan fingerprint density at radius 1 is 1.22 bits per heavy atom. The van der Waals surface area contributed by atoms with E-state index < -0.39 is 21.7 Å². The smallest absolute Gasteiger partial charge is 0.255 e. The van der Waals surface area contributed by atoms with Crippen LogP contribution in [0.2, 0.25) is 0 Å². The molecule has 1 atom stereocenters. The van der Waals surface area contributed by atoms with E-state index in [0.717, 1.165) is 12.0 Å². The molecule has 1 unspecified atom stereocenters. The van der Waals surface area contributed by atoms with Crippen molar-refractivity contribution in [1.29, 1.82) is 0 Å². The molecule has 0 heterocycles. The predicted molar refractivity (Wildman–Crippen MR) is 60.3 cm³/mol. The second-order valence-corrected chi connectivity index (χ2v) is 5.30. The Bertz CT molecular complexity index is 491. The maximum absolute atomic E-state index is 12.1. The van der Waals surface area contributed by atoms with Gasteiger partial charge in [-0.25, -0.2) is 0 Å². The van der Waals surface area contributed by atoms with E-state index in [1.54, 1.807) is 24.3 Å². The zero-order valence-electron chi connectivity index (χ0n) is 9.86. The van der Waals surface area contributed by atoms with Crippen molar-refractivity contribution in [3.8, 4) is 0 Å². The van der Waals surface area contributed by atoms with Crippen molar-refractivity contribution in [2.75, 3.05) is 0 Å². The van der Waals surface area contributed by atoms with Crippen molar-refractivity contribution in [1.82, 2.24) is 0 Å². The average molecular weight is 282 g/mol. The van der Waals surface area contributed by atoms with Gasteiger partial charge in [0.15, 0.2) is 0 Å². The molecule has 1 aromatic carbocycles. The van der Waals surface area contributed by atoms with Crippen LogP contribution in [0.3, 0.4) is 0 Å². The molecule has 1 rings (SSSR count). The van der Waals surface area contributed by atoms with E-state index in [2.05, 4.69) is 4.18 Å². The van der Waals surface area contributed by atoms with Gasteiger partial charge in [0.1, 0.15) is 0 Å². The number of hydrogen-bond acceptors (Lipinski definition) is 3. The lowest BCUT2D eigenvalue weighted by Gasteiger charge is -2.15. The number of rotatable bonds is 4. The molecule has 3 nitrogen and oxygen atoms in total. The molecule has 0 fully saturated rings. The predicted octanol–water partition coefficient (Wildman–Crippen LogP) is 3.18. The zero-order chi connectivity index (χ0) is 14.0. The summed E-state index contributed by atoms with van der Waals surface area (Å²) in [5.74, 6) is 0. The van der Waals surface area contributed by atoms with Gasteiger partial charge in [-0.15, -0.1) is 0 Å². The van der Waals surface area contributed by atoms with Crippen molar-refractivity contribution in [2.24, 2.45) is 0 Å². The molecular formula is C11H13F3O3S. The van der Waals surface area contributed by atoms with E-state index >= 15 is 0 Å². The summed E-state index contributed by atoms with van der Waals surface area (Å²) in [5.41, 5.74) is -4.02. The lowest BCUT2D eigenvalue weighted by atomic mass is 10.1. The van der Waals surface area contributed by atoms with Gasteiger partial charge in [-0.2, -0.15) is 21.6 Å². The van der Waals surface area contributed by atoms with Crippen molar-refractivity contribution in [3.05, 3.63) is 35.4 Å². The summed E-state index contributed by atoms with van der Waals surface area (Å²) in [6.07, 6.45) is -0.390. The van der Waals surface area contributed by atoms with Crippen LogP contribution < -0.4 is 0 Å². The van der Waals surface area contributed by atoms with Crippen LogP contribution >= 0.6 is 0 Å². The first-order valence-electron chi connectivity index (χ1n) is 5.25. The molecule has 0 aliphatic carbocycles. The molecular weight excluding hydrogens is 269 g/mol. The Labute approximate surface area is 104 Å². The van der Waals surface area contributed by atoms with Crippen LogP contribution in [0, 0.1) is 0 Å². The van der Waals surface area contributed by atoms with E-state index in [1.807, 2.05) is 6.92 Å². The van der Waals surface area contributed by atoms with Gasteiger partial charge in [-0.05, 0) is 24.5 Å². The highest BCUT2D eigenvalue weighted by atomic mass is 32.2. The summed E-state index contributed by atoms with van der Waals surface area (Å²) in [6.45, 7) is 3.19. The number of alkyl halides is 3. The third-order valence-corrected chi connectivity index (χ3v) is 3.52. The fourth-order valence-corrected chi connectivity index (χ4v) is 1.92. The number of halogens is 3. The van der Waals surface area contributed by atoms with Gasteiger partial charge in [0.25, 0.3) is 0 Å². The topological polar surface area (TPSA) is 43.4 Å². The first-order valence-corrected chi connectivity index (χ1v) is 6.66. The van der Waals surface area contributed by atoms with Crippen LogP contribution in [0.4, 0.5) is 13.2 Å². The van der Waals surface area contributed by atoms with Gasteiger partial charge < -0.3 is 0 Å². The van der Waals surface area contributed by atoms with Crippen LogP contribution in [-0.4, -0.2) is 13.9 Å². The molecule has 0 aliphatic heterocycles. The number of aryl methyl sites for hydroxylation is 1. The van der Waals surface area contributed by atoms with Gasteiger partial charge in [0.05, 0.1) is 6.10 Å². The summed E-state index contributed by atoms with van der Waals surface area (Å²) in [4.78, 5) is 0. The van der Waals surface area contributed by atoms with E-state index in [9.17, 15) is 21.6 Å². The Balaban J connectivity index is 2.86. The van der Waals surface area contributed by atoms with Crippen molar-refractivity contribution in [2.45, 2.75) is 31.9 Å². The summed E-state index contributed by atoms with van der Waals surface area (Å²) in [7, 11) is -5.56. The highest BCUT2D eigenvalue weighted by Crippen LogP contribution is 2.29. The fraction of sp³-hybridized carbons (Fsp3) is 0.455. The molecule has 0 amide bonds. The van der Waals surface area contributed by atoms with Gasteiger partial charge >= 0.3 is 15.6 Å². The molecule has 0 aromatic heterocycles. The highest BCUT2D eigenvalue weighted by molar-refractivity contribution is 7.87. The maximum Gasteiger partial charge on any atom is 0.523 e. The van der Waals surface area contributed by atoms with E-state index in [4.69, 9.17) is 0 Å². The maximum atomic E-state index is 12.1. The summed E-state index contributed by atoms with van der Waals surface area (Å²) in [6, 6.07) is 6.54. The highest BCUT2D eigenvalue weighted by Gasteiger charge is 2.48. The quantitative estimate of drug-likeness (QED) is 0.629. The van der Waals surface area contributed by atoms with Gasteiger partial charge in [0, 0.05) is 0 Å². The molecule has 0 N–H and O–H groups in total. The van der Waals surface area contributed by atoms with Crippen molar-refractivity contribution < 1.29 is 25.8 Å². The summed E-state index contributed by atoms with van der Waals surface area (Å²) >= 11 is 0. The van der Waals surface area contributed by atoms with Crippen LogP contribution in [0.5, 0.6) is 0 Å². The monoisotopic (exact) mass is 282 g/mol. The van der Waals surface area contributed by atoms with Gasteiger partial charge in [-0.1, -0.05) is 31.2 Å². The third-order valence-electron chi connectivity index (χ3n) is 2.41. The molecule has 0 radical (unpaired) electrons. The molecule has 0 bridgehead atoms. The van der Waals surface area contributed by atoms with Crippen molar-refractivity contribution in [3.63, 3.8) is 0 Å². The van der Waals surface area contributed by atoms with Gasteiger partial charge in [0.2, 0.25) is 0 Å². The minimum atomic E-state index is -5.56. The van der Waals surface area contributed by atoms with Crippen LogP contribution in [0.25, 0.3) is 0 Å². The molecule has 102 valence electrons. The molecule has 0 saturated carbocycles. The minimum absolute atomic E-state index is 0.375. The van der Waals surface area contributed by atoms with E-state index in [1.165, 1.54) is 6.92 Å². The summed E-state index contributed by atoms with van der Waals surface area (Å²) < 4.78 is 62.1. The second-order valence-electron chi connectivity index (χ2n) is 3.73. The normalized spacial score (nSPS) is 14.5. The lowest BCUT2D eigenvalue weighted by molar-refractivity contribution is -0.0569. The SMILES string of the molecule is CCc1ccc(C(C)OS(=O)(=O)C(F)(F)F)cc1. The third kappa shape index (κ3) is 3.46. The Morgan fingerprint density at radius 2 is 1.72 bits per heavy atom. The van der Waals surface area contributed by atoms with Crippen molar-refractivity contribution >= 4 is 10.1 Å². The number of benzene rings is 1. The van der Waals surface area contributed by atoms with E-state index in [-0.39, 0.29) is 0 Å². The first kappa shape index (κ1) is 15.0. The Kier molecular flexibility index (Phi) is 4.39. The van der Waals surface area contributed by atoms with Gasteiger partial charge in [-0.3, -0.25) is 4.18 Å². The standard InChI is InChI=1S/C11H13F3O3S/c1-3-9-4-6-10(7-5-9)8(2)17-18(15,16)11(12,13)14/h4-8H,3H2,1-2H3. The molecule has 18 heavy (non-hydrogen) atoms. The molecule has 7 heteroatoms. The Hall–Kier alpha value is -1.08. The molecule has 0 saturated heterocycles. The second kappa shape index (κ2) is 5.27. The van der Waals surface area contributed by atoms with Crippen LogP contribution in [0.15, 0.2) is 24.3 Å². The van der Waals surface area contributed by atoms with Crippen LogP contribution in [0.1, 0.15) is 31.1 Å². The Morgan fingerprint density at radius 3 is 2.11 bits per heavy atom. The number of hydrogen-bond donors (Lipinski definition) is 0.